The molecule has 0 saturated carbocycles. The van der Waals surface area contributed by atoms with E-state index in [0.717, 1.165) is 29.0 Å². The van der Waals surface area contributed by atoms with Crippen LogP contribution in [0.1, 0.15) is 20.8 Å². The summed E-state index contributed by atoms with van der Waals surface area (Å²) in [6, 6.07) is 14.4. The monoisotopic (exact) mass is 459 g/mol. The third-order valence-corrected chi connectivity index (χ3v) is 5.84. The van der Waals surface area contributed by atoms with Crippen LogP contribution in [-0.4, -0.2) is 21.8 Å². The first-order chi connectivity index (χ1) is 15.2. The van der Waals surface area contributed by atoms with Crippen LogP contribution in [0.15, 0.2) is 65.7 Å². The van der Waals surface area contributed by atoms with Gasteiger partial charge in [0.05, 0.1) is 23.1 Å². The minimum atomic E-state index is -4.84. The van der Waals surface area contributed by atoms with Gasteiger partial charge in [-0.3, -0.25) is 14.2 Å². The van der Waals surface area contributed by atoms with Crippen LogP contribution < -0.4 is 15.6 Å². The predicted molar refractivity (Wildman–Crippen MR) is 115 cm³/mol. The lowest BCUT2D eigenvalue weighted by atomic mass is 10.2. The van der Waals surface area contributed by atoms with E-state index in [2.05, 4.69) is 15.0 Å². The summed E-state index contributed by atoms with van der Waals surface area (Å²) < 4.78 is 42.6. The molecule has 1 amide bonds. The molecule has 2 aromatic carbocycles. The predicted octanol–water partition coefficient (Wildman–Crippen LogP) is 4.97. The van der Waals surface area contributed by atoms with Gasteiger partial charge in [-0.25, -0.2) is 4.98 Å². The van der Waals surface area contributed by atoms with Crippen molar-refractivity contribution >= 4 is 33.1 Å². The molecule has 0 unspecified atom stereocenters. The number of amides is 1. The lowest BCUT2D eigenvalue weighted by Crippen LogP contribution is -2.21. The highest BCUT2D eigenvalue weighted by molar-refractivity contribution is 7.20. The molecule has 164 valence electrons. The van der Waals surface area contributed by atoms with E-state index >= 15 is 0 Å². The Kier molecular flexibility index (Phi) is 5.70. The fraction of sp³-hybridized carbons (Fsp3) is 0.136. The number of hydrogen-bond donors (Lipinski definition) is 1. The van der Waals surface area contributed by atoms with Gasteiger partial charge < -0.3 is 10.1 Å². The van der Waals surface area contributed by atoms with Crippen molar-refractivity contribution in [3.8, 4) is 5.75 Å². The fourth-order valence-electron chi connectivity index (χ4n) is 3.23. The molecule has 0 radical (unpaired) electrons. The Bertz CT molecular complexity index is 1350. The SMILES string of the molecule is Cc1c(C(=O)Nc2cccc(OC(F)(F)F)c2)sc2ncn(Cc3ccccc3)c(=O)c12. The molecular weight excluding hydrogens is 443 g/mol. The Labute approximate surface area is 183 Å². The van der Waals surface area contributed by atoms with Gasteiger partial charge in [-0.15, -0.1) is 24.5 Å². The lowest BCUT2D eigenvalue weighted by Gasteiger charge is -2.10. The molecule has 0 aliphatic heterocycles. The quantitative estimate of drug-likeness (QED) is 0.458. The van der Waals surface area contributed by atoms with Crippen LogP contribution in [0.5, 0.6) is 5.75 Å². The fourth-order valence-corrected chi connectivity index (χ4v) is 4.26. The third kappa shape index (κ3) is 4.65. The van der Waals surface area contributed by atoms with Crippen LogP contribution in [0, 0.1) is 6.92 Å². The van der Waals surface area contributed by atoms with Crippen LogP contribution in [0.2, 0.25) is 0 Å². The Morgan fingerprint density at radius 2 is 1.91 bits per heavy atom. The number of nitrogens with zero attached hydrogens (tertiary/aromatic N) is 2. The van der Waals surface area contributed by atoms with E-state index in [9.17, 15) is 22.8 Å². The summed E-state index contributed by atoms with van der Waals surface area (Å²) in [5.41, 5.74) is 1.25. The Morgan fingerprint density at radius 3 is 2.62 bits per heavy atom. The first-order valence-electron chi connectivity index (χ1n) is 9.41. The molecule has 10 heteroatoms. The molecule has 1 N–H and O–H groups in total. The van der Waals surface area contributed by atoms with E-state index in [1.165, 1.54) is 23.0 Å². The van der Waals surface area contributed by atoms with Crippen LogP contribution in [0.25, 0.3) is 10.2 Å². The summed E-state index contributed by atoms with van der Waals surface area (Å²) in [6.07, 6.45) is -3.40. The number of halogens is 3. The van der Waals surface area contributed by atoms with E-state index in [4.69, 9.17) is 0 Å². The molecule has 0 saturated heterocycles. The van der Waals surface area contributed by atoms with Crippen molar-refractivity contribution in [1.82, 2.24) is 9.55 Å². The van der Waals surface area contributed by atoms with Gasteiger partial charge in [0.25, 0.3) is 11.5 Å². The zero-order valence-electron chi connectivity index (χ0n) is 16.6. The highest BCUT2D eigenvalue weighted by Gasteiger charge is 2.31. The molecule has 2 aromatic heterocycles. The number of nitrogens with one attached hydrogen (secondary N) is 1. The van der Waals surface area contributed by atoms with Gasteiger partial charge in [0.15, 0.2) is 0 Å². The Balaban J connectivity index is 1.62. The van der Waals surface area contributed by atoms with Gasteiger partial charge in [-0.05, 0) is 30.2 Å². The number of benzene rings is 2. The second-order valence-electron chi connectivity index (χ2n) is 6.93. The van der Waals surface area contributed by atoms with Gasteiger partial charge in [-0.2, -0.15) is 0 Å². The van der Waals surface area contributed by atoms with Gasteiger partial charge in [0.2, 0.25) is 0 Å². The van der Waals surface area contributed by atoms with E-state index in [1.807, 2.05) is 30.3 Å². The van der Waals surface area contributed by atoms with E-state index < -0.39 is 18.0 Å². The summed E-state index contributed by atoms with van der Waals surface area (Å²) >= 11 is 1.05. The van der Waals surface area contributed by atoms with Crippen LogP contribution in [0.3, 0.4) is 0 Å². The molecule has 0 bridgehead atoms. The van der Waals surface area contributed by atoms with Crippen molar-refractivity contribution < 1.29 is 22.7 Å². The average molecular weight is 459 g/mol. The molecule has 0 aliphatic carbocycles. The number of carbonyl (C=O) groups excluding carboxylic acids is 1. The van der Waals surface area contributed by atoms with Crippen LogP contribution in [-0.2, 0) is 6.54 Å². The van der Waals surface area contributed by atoms with E-state index in [0.29, 0.717) is 22.3 Å². The van der Waals surface area contributed by atoms with Crippen molar-refractivity contribution in [3.63, 3.8) is 0 Å². The number of fused-ring (bicyclic) bond motifs is 1. The first-order valence-corrected chi connectivity index (χ1v) is 10.2. The maximum atomic E-state index is 13.0. The summed E-state index contributed by atoms with van der Waals surface area (Å²) in [4.78, 5) is 30.8. The number of anilines is 1. The number of ether oxygens (including phenoxy) is 1. The third-order valence-electron chi connectivity index (χ3n) is 4.64. The van der Waals surface area contributed by atoms with Crippen molar-refractivity contribution in [3.05, 3.63) is 87.3 Å². The Morgan fingerprint density at radius 1 is 1.16 bits per heavy atom. The zero-order chi connectivity index (χ0) is 22.9. The van der Waals surface area contributed by atoms with Crippen molar-refractivity contribution in [2.75, 3.05) is 5.32 Å². The minimum absolute atomic E-state index is 0.128. The van der Waals surface area contributed by atoms with Crippen molar-refractivity contribution in [2.24, 2.45) is 0 Å². The van der Waals surface area contributed by atoms with E-state index in [1.54, 1.807) is 6.92 Å². The largest absolute Gasteiger partial charge is 0.573 e. The molecule has 6 nitrogen and oxygen atoms in total. The maximum Gasteiger partial charge on any atom is 0.573 e. The average Bonchev–Trinajstić information content (AvgIpc) is 3.07. The molecule has 0 atom stereocenters. The summed E-state index contributed by atoms with van der Waals surface area (Å²) in [6.45, 7) is 1.98. The van der Waals surface area contributed by atoms with Gasteiger partial charge in [-0.1, -0.05) is 36.4 Å². The molecule has 32 heavy (non-hydrogen) atoms. The Hall–Kier alpha value is -3.66. The smallest absolute Gasteiger partial charge is 0.406 e. The minimum Gasteiger partial charge on any atom is -0.406 e. The highest BCUT2D eigenvalue weighted by atomic mass is 32.1. The van der Waals surface area contributed by atoms with Gasteiger partial charge >= 0.3 is 6.36 Å². The van der Waals surface area contributed by atoms with Crippen LogP contribution in [0.4, 0.5) is 18.9 Å². The second-order valence-corrected chi connectivity index (χ2v) is 7.93. The lowest BCUT2D eigenvalue weighted by molar-refractivity contribution is -0.274. The normalized spacial score (nSPS) is 11.5. The molecule has 0 spiro atoms. The number of aryl methyl sites for hydroxylation is 1. The van der Waals surface area contributed by atoms with Crippen LogP contribution >= 0.6 is 11.3 Å². The molecular formula is C22H16F3N3O3S. The second kappa shape index (κ2) is 8.46. The van der Waals surface area contributed by atoms with Gasteiger partial charge in [0.1, 0.15) is 10.6 Å². The number of hydrogen-bond acceptors (Lipinski definition) is 5. The molecule has 0 fully saturated rings. The number of carbonyl (C=O) groups is 1. The molecule has 4 rings (SSSR count). The van der Waals surface area contributed by atoms with Crippen molar-refractivity contribution in [1.29, 1.82) is 0 Å². The summed E-state index contributed by atoms with van der Waals surface area (Å²) in [7, 11) is 0. The number of thiophene rings is 1. The topological polar surface area (TPSA) is 73.2 Å². The highest BCUT2D eigenvalue weighted by Crippen LogP contribution is 2.29. The maximum absolute atomic E-state index is 13.0. The van der Waals surface area contributed by atoms with Gasteiger partial charge in [0, 0.05) is 11.8 Å². The standard InChI is InChI=1S/C22H16F3N3O3S/c1-13-17-20(26-12-28(21(17)30)11-14-6-3-2-4-7-14)32-18(13)19(29)27-15-8-5-9-16(10-15)31-22(23,24)25/h2-10,12H,11H2,1H3,(H,27,29). The molecule has 4 aromatic rings. The first kappa shape index (κ1) is 21.6. The summed E-state index contributed by atoms with van der Waals surface area (Å²) in [5, 5.41) is 2.89. The molecule has 2 heterocycles. The number of rotatable bonds is 5. The van der Waals surface area contributed by atoms with E-state index in [-0.39, 0.29) is 16.1 Å². The summed E-state index contributed by atoms with van der Waals surface area (Å²) in [5.74, 6) is -1.00. The zero-order valence-corrected chi connectivity index (χ0v) is 17.5. The number of aromatic nitrogens is 2. The molecule has 0 aliphatic rings. The number of alkyl halides is 3. The van der Waals surface area contributed by atoms with Crippen molar-refractivity contribution in [2.45, 2.75) is 19.8 Å².